The number of carbonyl (C=O) groups is 2. The highest BCUT2D eigenvalue weighted by Gasteiger charge is 2.24. The van der Waals surface area contributed by atoms with Gasteiger partial charge in [-0.1, -0.05) is 59.6 Å². The van der Waals surface area contributed by atoms with Crippen LogP contribution >= 0.6 is 23.2 Å². The SMILES string of the molecule is COC(=O)C[NH2+][C@H](c1ccccc1)c1cc(Cl)ccc1NC(=O)c1cccc(Cl)c1. The van der Waals surface area contributed by atoms with Gasteiger partial charge in [-0.15, -0.1) is 0 Å². The minimum absolute atomic E-state index is 0.115. The molecule has 3 rings (SSSR count). The number of rotatable bonds is 7. The van der Waals surface area contributed by atoms with E-state index in [1.165, 1.54) is 7.11 Å². The molecule has 0 heterocycles. The summed E-state index contributed by atoms with van der Waals surface area (Å²) >= 11 is 12.3. The van der Waals surface area contributed by atoms with Crippen molar-refractivity contribution in [3.63, 3.8) is 0 Å². The van der Waals surface area contributed by atoms with Crippen LogP contribution in [0.3, 0.4) is 0 Å². The number of hydrogen-bond donors (Lipinski definition) is 2. The maximum atomic E-state index is 12.8. The first-order chi connectivity index (χ1) is 14.5. The molecule has 0 spiro atoms. The van der Waals surface area contributed by atoms with Crippen molar-refractivity contribution in [2.75, 3.05) is 19.0 Å². The summed E-state index contributed by atoms with van der Waals surface area (Å²) in [6.45, 7) is 0.115. The third kappa shape index (κ3) is 5.60. The fourth-order valence-electron chi connectivity index (χ4n) is 3.13. The second kappa shape index (κ2) is 10.3. The monoisotopic (exact) mass is 443 g/mol. The molecule has 0 saturated heterocycles. The Morgan fingerprint density at radius 1 is 0.967 bits per heavy atom. The van der Waals surface area contributed by atoms with Crippen molar-refractivity contribution in [2.24, 2.45) is 0 Å². The quantitative estimate of drug-likeness (QED) is 0.540. The van der Waals surface area contributed by atoms with Gasteiger partial charge in [0.1, 0.15) is 6.04 Å². The lowest BCUT2D eigenvalue weighted by molar-refractivity contribution is -0.677. The van der Waals surface area contributed by atoms with Crippen LogP contribution in [-0.2, 0) is 9.53 Å². The van der Waals surface area contributed by atoms with E-state index in [-0.39, 0.29) is 24.5 Å². The van der Waals surface area contributed by atoms with E-state index >= 15 is 0 Å². The number of methoxy groups -OCH3 is 1. The standard InChI is InChI=1S/C23H20Cl2N2O3/c1-30-21(28)14-26-22(15-6-3-2-4-7-15)19-13-18(25)10-11-20(19)27-23(29)16-8-5-9-17(24)12-16/h2-13,22,26H,14H2,1H3,(H,27,29)/p+1/t22-/m1/s1. The molecule has 0 aliphatic rings. The summed E-state index contributed by atoms with van der Waals surface area (Å²) in [6.07, 6.45) is 0. The average molecular weight is 444 g/mol. The Kier molecular flexibility index (Phi) is 7.46. The van der Waals surface area contributed by atoms with Crippen LogP contribution in [0.5, 0.6) is 0 Å². The van der Waals surface area contributed by atoms with Gasteiger partial charge in [0.2, 0.25) is 0 Å². The average Bonchev–Trinajstić information content (AvgIpc) is 2.76. The van der Waals surface area contributed by atoms with Crippen molar-refractivity contribution in [1.82, 2.24) is 0 Å². The van der Waals surface area contributed by atoms with Crippen molar-refractivity contribution < 1.29 is 19.6 Å². The first-order valence-corrected chi connectivity index (χ1v) is 10.0. The molecule has 0 saturated carbocycles. The first-order valence-electron chi connectivity index (χ1n) is 9.29. The second-order valence-electron chi connectivity index (χ2n) is 6.60. The van der Waals surface area contributed by atoms with E-state index in [1.807, 2.05) is 35.6 Å². The maximum Gasteiger partial charge on any atom is 0.361 e. The van der Waals surface area contributed by atoms with Crippen molar-refractivity contribution >= 4 is 40.8 Å². The van der Waals surface area contributed by atoms with Gasteiger partial charge in [0.25, 0.3) is 5.91 Å². The molecule has 1 amide bonds. The number of nitrogens with two attached hydrogens (primary N) is 1. The third-order valence-electron chi connectivity index (χ3n) is 4.59. The van der Waals surface area contributed by atoms with E-state index in [2.05, 4.69) is 5.32 Å². The number of amides is 1. The molecule has 5 nitrogen and oxygen atoms in total. The summed E-state index contributed by atoms with van der Waals surface area (Å²) in [4.78, 5) is 24.6. The summed E-state index contributed by atoms with van der Waals surface area (Å²) in [7, 11) is 1.35. The molecule has 1 atom stereocenters. The molecule has 3 aromatic carbocycles. The summed E-state index contributed by atoms with van der Waals surface area (Å²) < 4.78 is 4.78. The Bertz CT molecular complexity index is 1040. The zero-order chi connectivity index (χ0) is 21.5. The number of nitrogens with one attached hydrogen (secondary N) is 1. The summed E-state index contributed by atoms with van der Waals surface area (Å²) in [5.41, 5.74) is 2.77. The highest BCUT2D eigenvalue weighted by molar-refractivity contribution is 6.31. The Morgan fingerprint density at radius 3 is 2.40 bits per heavy atom. The van der Waals surface area contributed by atoms with Crippen LogP contribution in [0.4, 0.5) is 5.69 Å². The van der Waals surface area contributed by atoms with Gasteiger partial charge in [-0.25, -0.2) is 4.79 Å². The fraction of sp³-hybridized carbons (Fsp3) is 0.130. The van der Waals surface area contributed by atoms with Crippen molar-refractivity contribution in [3.8, 4) is 0 Å². The van der Waals surface area contributed by atoms with Gasteiger partial charge in [-0.3, -0.25) is 4.79 Å². The van der Waals surface area contributed by atoms with Gasteiger partial charge >= 0.3 is 5.97 Å². The molecule has 0 aliphatic heterocycles. The number of carbonyl (C=O) groups excluding carboxylic acids is 2. The Hall–Kier alpha value is -2.86. The Morgan fingerprint density at radius 2 is 1.70 bits per heavy atom. The van der Waals surface area contributed by atoms with Gasteiger partial charge in [-0.05, 0) is 36.4 Å². The van der Waals surface area contributed by atoms with Gasteiger partial charge in [0, 0.05) is 26.7 Å². The van der Waals surface area contributed by atoms with Crippen LogP contribution in [0.15, 0.2) is 72.8 Å². The number of anilines is 1. The van der Waals surface area contributed by atoms with Crippen LogP contribution in [0.1, 0.15) is 27.5 Å². The molecular formula is C23H21Cl2N2O3+. The van der Waals surface area contributed by atoms with E-state index in [1.54, 1.807) is 42.5 Å². The summed E-state index contributed by atoms with van der Waals surface area (Å²) in [5.74, 6) is -0.636. The molecule has 0 aliphatic carbocycles. The van der Waals surface area contributed by atoms with Gasteiger partial charge in [-0.2, -0.15) is 0 Å². The highest BCUT2D eigenvalue weighted by atomic mass is 35.5. The molecule has 0 aromatic heterocycles. The number of ether oxygens (including phenoxy) is 1. The molecule has 0 fully saturated rings. The van der Waals surface area contributed by atoms with Crippen LogP contribution in [0.2, 0.25) is 10.0 Å². The lowest BCUT2D eigenvalue weighted by atomic mass is 9.96. The highest BCUT2D eigenvalue weighted by Crippen LogP contribution is 2.29. The molecule has 0 unspecified atom stereocenters. The fourth-order valence-corrected chi connectivity index (χ4v) is 3.50. The summed E-state index contributed by atoms with van der Waals surface area (Å²) in [5, 5.41) is 5.80. The number of benzene rings is 3. The summed E-state index contributed by atoms with van der Waals surface area (Å²) in [6, 6.07) is 21.4. The van der Waals surface area contributed by atoms with E-state index in [4.69, 9.17) is 27.9 Å². The number of halogens is 2. The minimum Gasteiger partial charge on any atom is -0.465 e. The smallest absolute Gasteiger partial charge is 0.361 e. The van der Waals surface area contributed by atoms with Crippen LogP contribution in [0, 0.1) is 0 Å². The molecule has 154 valence electrons. The van der Waals surface area contributed by atoms with Crippen molar-refractivity contribution in [1.29, 1.82) is 0 Å². The lowest BCUT2D eigenvalue weighted by Crippen LogP contribution is -2.87. The predicted molar refractivity (Wildman–Crippen MR) is 118 cm³/mol. The zero-order valence-electron chi connectivity index (χ0n) is 16.3. The van der Waals surface area contributed by atoms with E-state index in [0.717, 1.165) is 11.1 Å². The molecular weight excluding hydrogens is 423 g/mol. The molecule has 30 heavy (non-hydrogen) atoms. The Labute approximate surface area is 185 Å². The van der Waals surface area contributed by atoms with E-state index in [0.29, 0.717) is 21.3 Å². The predicted octanol–water partition coefficient (Wildman–Crippen LogP) is 4.07. The second-order valence-corrected chi connectivity index (χ2v) is 7.47. The lowest BCUT2D eigenvalue weighted by Gasteiger charge is -2.20. The normalized spacial score (nSPS) is 11.6. The topological polar surface area (TPSA) is 72.0 Å². The first kappa shape index (κ1) is 21.8. The van der Waals surface area contributed by atoms with Crippen LogP contribution in [0.25, 0.3) is 0 Å². The third-order valence-corrected chi connectivity index (χ3v) is 5.06. The van der Waals surface area contributed by atoms with E-state index in [9.17, 15) is 9.59 Å². The zero-order valence-corrected chi connectivity index (χ0v) is 17.8. The number of hydrogen-bond acceptors (Lipinski definition) is 3. The van der Waals surface area contributed by atoms with Crippen molar-refractivity contribution in [3.05, 3.63) is 99.5 Å². The minimum atomic E-state index is -0.345. The van der Waals surface area contributed by atoms with Crippen LogP contribution in [-0.4, -0.2) is 25.5 Å². The molecule has 3 N–H and O–H groups in total. The molecule has 0 bridgehead atoms. The van der Waals surface area contributed by atoms with Crippen LogP contribution < -0.4 is 10.6 Å². The van der Waals surface area contributed by atoms with Gasteiger partial charge in [0.05, 0.1) is 12.8 Å². The molecule has 7 heteroatoms. The van der Waals surface area contributed by atoms with Gasteiger partial charge in [0.15, 0.2) is 6.54 Å². The largest absolute Gasteiger partial charge is 0.465 e. The van der Waals surface area contributed by atoms with E-state index < -0.39 is 0 Å². The van der Waals surface area contributed by atoms with Crippen molar-refractivity contribution in [2.45, 2.75) is 6.04 Å². The maximum absolute atomic E-state index is 12.8. The number of quaternary nitrogens is 1. The van der Waals surface area contributed by atoms with Gasteiger partial charge < -0.3 is 15.4 Å². The molecule has 0 radical (unpaired) electrons. The number of esters is 1. The molecule has 3 aromatic rings. The Balaban J connectivity index is 1.97.